The molecule has 1 saturated heterocycles. The maximum absolute atomic E-state index is 13.5. The first-order valence-corrected chi connectivity index (χ1v) is 15.5. The van der Waals surface area contributed by atoms with Gasteiger partial charge in [0.15, 0.2) is 0 Å². The van der Waals surface area contributed by atoms with Crippen LogP contribution in [-0.2, 0) is 4.79 Å². The van der Waals surface area contributed by atoms with Gasteiger partial charge >= 0.3 is 0 Å². The Morgan fingerprint density at radius 2 is 1.73 bits per heavy atom. The molecule has 1 saturated carbocycles. The first-order valence-electron chi connectivity index (χ1n) is 14.5. The van der Waals surface area contributed by atoms with Crippen molar-refractivity contribution in [1.82, 2.24) is 15.5 Å². The Morgan fingerprint density at radius 1 is 1.05 bits per heavy atom. The molecule has 1 aliphatic carbocycles. The fraction of sp³-hybridized carbons (Fsp3) is 0.576. The second kappa shape index (κ2) is 14.6. The van der Waals surface area contributed by atoms with Crippen LogP contribution in [0.15, 0.2) is 53.4 Å². The molecule has 1 aliphatic heterocycles. The highest BCUT2D eigenvalue weighted by Gasteiger charge is 2.41. The number of rotatable bonds is 9. The smallest absolute Gasteiger partial charge is 0.252 e. The molecule has 4 unspecified atom stereocenters. The summed E-state index contributed by atoms with van der Waals surface area (Å²) in [6.07, 6.45) is 4.67. The van der Waals surface area contributed by atoms with E-state index in [9.17, 15) is 19.8 Å². The van der Waals surface area contributed by atoms with Crippen molar-refractivity contribution in [2.24, 2.45) is 11.8 Å². The number of nitrogens with one attached hydrogen (secondary N) is 2. The Balaban J connectivity index is 0.00000462. The van der Waals surface area contributed by atoms with E-state index in [1.165, 1.54) is 12.8 Å². The number of nitrogens with zero attached hydrogens (tertiary/aromatic N) is 1. The van der Waals surface area contributed by atoms with E-state index in [0.717, 1.165) is 30.7 Å². The SMILES string of the molecule is C.Cc1c(O)cccc1C(=O)NC(CSc1ccccc1)C(O)CN1CC2CCCCC2C[C@H]1C(=O)NC(C)(C)C. The van der Waals surface area contributed by atoms with Gasteiger partial charge in [0.1, 0.15) is 5.75 Å². The molecule has 226 valence electrons. The molecule has 1 heterocycles. The number of fused-ring (bicyclic) bond motifs is 1. The predicted molar refractivity (Wildman–Crippen MR) is 167 cm³/mol. The number of carbonyl (C=O) groups is 2. The zero-order valence-corrected chi connectivity index (χ0v) is 25.0. The molecule has 0 aromatic heterocycles. The van der Waals surface area contributed by atoms with Gasteiger partial charge in [-0.15, -0.1) is 11.8 Å². The molecule has 2 aromatic rings. The minimum absolute atomic E-state index is 0. The molecule has 4 N–H and O–H groups in total. The fourth-order valence-electron chi connectivity index (χ4n) is 6.06. The van der Waals surface area contributed by atoms with Crippen LogP contribution in [0, 0.1) is 18.8 Å². The van der Waals surface area contributed by atoms with Crippen LogP contribution >= 0.6 is 11.8 Å². The molecule has 41 heavy (non-hydrogen) atoms. The van der Waals surface area contributed by atoms with Crippen molar-refractivity contribution in [3.8, 4) is 5.75 Å². The van der Waals surface area contributed by atoms with E-state index in [4.69, 9.17) is 0 Å². The molecule has 2 aliphatic rings. The minimum atomic E-state index is -0.886. The minimum Gasteiger partial charge on any atom is -0.508 e. The largest absolute Gasteiger partial charge is 0.508 e. The highest BCUT2D eigenvalue weighted by molar-refractivity contribution is 7.99. The van der Waals surface area contributed by atoms with Crippen molar-refractivity contribution in [3.05, 3.63) is 59.7 Å². The van der Waals surface area contributed by atoms with Crippen LogP contribution < -0.4 is 10.6 Å². The highest BCUT2D eigenvalue weighted by atomic mass is 32.2. The number of aliphatic hydroxyl groups is 1. The third-order valence-electron chi connectivity index (χ3n) is 8.23. The maximum Gasteiger partial charge on any atom is 0.252 e. The lowest BCUT2D eigenvalue weighted by molar-refractivity contribution is -0.132. The van der Waals surface area contributed by atoms with Crippen molar-refractivity contribution in [3.63, 3.8) is 0 Å². The standard InChI is InChI=1S/C32H45N3O4S.CH4/c1-21-25(15-10-16-28(21)36)30(38)33-26(20-40-24-13-6-5-7-14-24)29(37)19-35-18-23-12-9-8-11-22(23)17-27(35)31(39)34-32(2,3)4;/h5-7,10,13-16,22-23,26-27,29,36-37H,8-9,11-12,17-20H2,1-4H3,(H,33,38)(H,34,39);1H4/t22?,23?,26?,27-,29?;/m0./s1. The summed E-state index contributed by atoms with van der Waals surface area (Å²) in [7, 11) is 0. The molecule has 0 spiro atoms. The average Bonchev–Trinajstić information content (AvgIpc) is 2.91. The normalized spacial score (nSPS) is 22.5. The Kier molecular flexibility index (Phi) is 11.7. The van der Waals surface area contributed by atoms with Gasteiger partial charge in [0.25, 0.3) is 5.91 Å². The summed E-state index contributed by atoms with van der Waals surface area (Å²) >= 11 is 1.57. The van der Waals surface area contributed by atoms with Gasteiger partial charge in [0.2, 0.25) is 5.91 Å². The summed E-state index contributed by atoms with van der Waals surface area (Å²) in [5.74, 6) is 1.27. The number of aliphatic hydroxyl groups excluding tert-OH is 1. The number of hydrogen-bond donors (Lipinski definition) is 4. The number of phenolic OH excluding ortho intramolecular Hbond substituents is 1. The second-order valence-corrected chi connectivity index (χ2v) is 13.6. The van der Waals surface area contributed by atoms with E-state index in [2.05, 4.69) is 15.5 Å². The number of likely N-dealkylation sites (tertiary alicyclic amines) is 1. The molecule has 0 bridgehead atoms. The summed E-state index contributed by atoms with van der Waals surface area (Å²) in [6.45, 7) is 8.76. The van der Waals surface area contributed by atoms with E-state index < -0.39 is 12.1 Å². The Labute approximate surface area is 250 Å². The van der Waals surface area contributed by atoms with Gasteiger partial charge in [-0.25, -0.2) is 0 Å². The lowest BCUT2D eigenvalue weighted by Gasteiger charge is -2.47. The number of piperidine rings is 1. The number of amides is 2. The maximum atomic E-state index is 13.5. The van der Waals surface area contributed by atoms with Gasteiger partial charge in [-0.2, -0.15) is 0 Å². The quantitative estimate of drug-likeness (QED) is 0.296. The zero-order valence-electron chi connectivity index (χ0n) is 24.2. The fourth-order valence-corrected chi connectivity index (χ4v) is 7.09. The number of phenols is 1. The monoisotopic (exact) mass is 583 g/mol. The Hall–Kier alpha value is -2.55. The van der Waals surface area contributed by atoms with Crippen LogP contribution in [0.3, 0.4) is 0 Å². The van der Waals surface area contributed by atoms with Gasteiger partial charge in [0.05, 0.1) is 18.2 Å². The zero-order chi connectivity index (χ0) is 28.9. The van der Waals surface area contributed by atoms with Crippen molar-refractivity contribution >= 4 is 23.6 Å². The van der Waals surface area contributed by atoms with Crippen LogP contribution in [-0.4, -0.2) is 69.5 Å². The van der Waals surface area contributed by atoms with Crippen molar-refractivity contribution in [2.45, 2.75) is 95.8 Å². The molecule has 4 rings (SSSR count). The number of carbonyl (C=O) groups excluding carboxylic acids is 2. The molecule has 0 radical (unpaired) electrons. The van der Waals surface area contributed by atoms with Crippen LogP contribution in [0.25, 0.3) is 0 Å². The molecule has 8 heteroatoms. The van der Waals surface area contributed by atoms with Crippen molar-refractivity contribution in [1.29, 1.82) is 0 Å². The van der Waals surface area contributed by atoms with Gasteiger partial charge < -0.3 is 20.8 Å². The third kappa shape index (κ3) is 8.97. The summed E-state index contributed by atoms with van der Waals surface area (Å²) in [4.78, 5) is 30.0. The molecule has 2 amide bonds. The lowest BCUT2D eigenvalue weighted by atomic mass is 9.72. The molecular weight excluding hydrogens is 534 g/mol. The van der Waals surface area contributed by atoms with Crippen LogP contribution in [0.2, 0.25) is 0 Å². The number of benzene rings is 2. The average molecular weight is 584 g/mol. The summed E-state index contributed by atoms with van der Waals surface area (Å²) in [5.41, 5.74) is 0.543. The third-order valence-corrected chi connectivity index (χ3v) is 9.36. The topological polar surface area (TPSA) is 102 Å². The second-order valence-electron chi connectivity index (χ2n) is 12.5. The van der Waals surface area contributed by atoms with Crippen LogP contribution in [0.1, 0.15) is 76.2 Å². The first-order chi connectivity index (χ1) is 19.0. The van der Waals surface area contributed by atoms with Crippen molar-refractivity contribution in [2.75, 3.05) is 18.8 Å². The van der Waals surface area contributed by atoms with Gasteiger partial charge in [-0.3, -0.25) is 14.5 Å². The summed E-state index contributed by atoms with van der Waals surface area (Å²) in [5, 5.41) is 28.0. The predicted octanol–water partition coefficient (Wildman–Crippen LogP) is 5.38. The number of aromatic hydroxyl groups is 1. The molecular formula is C33H49N3O4S. The molecule has 5 atom stereocenters. The van der Waals surface area contributed by atoms with E-state index >= 15 is 0 Å². The summed E-state index contributed by atoms with van der Waals surface area (Å²) < 4.78 is 0. The highest BCUT2D eigenvalue weighted by Crippen LogP contribution is 2.39. The number of hydrogen-bond acceptors (Lipinski definition) is 6. The molecule has 2 fully saturated rings. The van der Waals surface area contributed by atoms with Gasteiger partial charge in [0, 0.05) is 40.4 Å². The van der Waals surface area contributed by atoms with Gasteiger partial charge in [-0.05, 0) is 76.6 Å². The Bertz CT molecular complexity index is 1150. The molecule has 7 nitrogen and oxygen atoms in total. The summed E-state index contributed by atoms with van der Waals surface area (Å²) in [6, 6.07) is 13.9. The number of thioether (sulfide) groups is 1. The number of β-amino-alcohol motifs (C(OH)–C–C–N with tert-alkyl or cyclic N) is 1. The van der Waals surface area contributed by atoms with Crippen molar-refractivity contribution < 1.29 is 19.8 Å². The van der Waals surface area contributed by atoms with Crippen LogP contribution in [0.5, 0.6) is 5.75 Å². The van der Waals surface area contributed by atoms with E-state index in [1.54, 1.807) is 36.9 Å². The van der Waals surface area contributed by atoms with E-state index in [1.807, 2.05) is 51.1 Å². The first kappa shape index (κ1) is 33.0. The molecule has 2 aromatic carbocycles. The Morgan fingerprint density at radius 3 is 2.41 bits per heavy atom. The van der Waals surface area contributed by atoms with E-state index in [-0.39, 0.29) is 36.6 Å². The van der Waals surface area contributed by atoms with Crippen LogP contribution in [0.4, 0.5) is 0 Å². The lowest BCUT2D eigenvalue weighted by Crippen LogP contribution is -2.60. The van der Waals surface area contributed by atoms with Gasteiger partial charge in [-0.1, -0.05) is 51.0 Å². The van der Waals surface area contributed by atoms with E-state index in [0.29, 0.717) is 35.3 Å².